The lowest BCUT2D eigenvalue weighted by atomic mass is 10.1. The molecular formula is C14H17Cl2NO3. The van der Waals surface area contributed by atoms with Gasteiger partial charge in [0, 0.05) is 13.2 Å². The first-order valence-electron chi connectivity index (χ1n) is 6.55. The largest absolute Gasteiger partial charge is 0.494 e. The van der Waals surface area contributed by atoms with Gasteiger partial charge in [-0.3, -0.25) is 4.79 Å². The van der Waals surface area contributed by atoms with Crippen LogP contribution in [0.5, 0.6) is 5.75 Å². The van der Waals surface area contributed by atoms with Gasteiger partial charge in [0.2, 0.25) is 0 Å². The smallest absolute Gasteiger partial charge is 0.256 e. The highest BCUT2D eigenvalue weighted by molar-refractivity contribution is 6.37. The van der Waals surface area contributed by atoms with Crippen molar-refractivity contribution in [1.29, 1.82) is 0 Å². The molecule has 1 aliphatic rings. The van der Waals surface area contributed by atoms with E-state index >= 15 is 0 Å². The van der Waals surface area contributed by atoms with Crippen molar-refractivity contribution >= 4 is 29.1 Å². The van der Waals surface area contributed by atoms with E-state index in [9.17, 15) is 4.79 Å². The maximum Gasteiger partial charge on any atom is 0.256 e. The Morgan fingerprint density at radius 2 is 2.20 bits per heavy atom. The summed E-state index contributed by atoms with van der Waals surface area (Å²) >= 11 is 12.1. The highest BCUT2D eigenvalue weighted by atomic mass is 35.5. The van der Waals surface area contributed by atoms with Crippen LogP contribution in [0.2, 0.25) is 10.0 Å². The third-order valence-corrected chi connectivity index (χ3v) is 3.88. The molecule has 0 spiro atoms. The fourth-order valence-electron chi connectivity index (χ4n) is 2.25. The summed E-state index contributed by atoms with van der Waals surface area (Å²) in [5.41, 5.74) is 0.272. The summed E-state index contributed by atoms with van der Waals surface area (Å²) < 4.78 is 10.7. The topological polar surface area (TPSA) is 47.6 Å². The number of methoxy groups -OCH3 is 1. The van der Waals surface area contributed by atoms with Crippen molar-refractivity contribution in [3.05, 3.63) is 27.7 Å². The maximum atomic E-state index is 12.2. The summed E-state index contributed by atoms with van der Waals surface area (Å²) in [4.78, 5) is 12.2. The van der Waals surface area contributed by atoms with E-state index in [1.165, 1.54) is 7.11 Å². The zero-order valence-electron chi connectivity index (χ0n) is 11.2. The average molecular weight is 318 g/mol. The second-order valence-corrected chi connectivity index (χ2v) is 5.43. The molecule has 0 radical (unpaired) electrons. The molecule has 4 nitrogen and oxygen atoms in total. The summed E-state index contributed by atoms with van der Waals surface area (Å²) in [6.07, 6.45) is 3.18. The van der Waals surface area contributed by atoms with Gasteiger partial charge in [-0.05, 0) is 31.4 Å². The summed E-state index contributed by atoms with van der Waals surface area (Å²) in [5, 5.41) is 3.51. The molecule has 1 aliphatic heterocycles. The molecule has 2 rings (SSSR count). The molecule has 1 fully saturated rings. The third-order valence-electron chi connectivity index (χ3n) is 3.27. The second kappa shape index (κ2) is 7.16. The van der Waals surface area contributed by atoms with Crippen molar-refractivity contribution in [2.24, 2.45) is 0 Å². The Bertz CT molecular complexity index is 488. The highest BCUT2D eigenvalue weighted by Crippen LogP contribution is 2.33. The minimum atomic E-state index is -0.285. The van der Waals surface area contributed by atoms with Crippen LogP contribution in [-0.2, 0) is 4.74 Å². The first kappa shape index (κ1) is 15.4. The van der Waals surface area contributed by atoms with Gasteiger partial charge < -0.3 is 14.8 Å². The highest BCUT2D eigenvalue weighted by Gasteiger charge is 2.20. The normalized spacial score (nSPS) is 18.1. The van der Waals surface area contributed by atoms with E-state index in [-0.39, 0.29) is 17.6 Å². The Kier molecular flexibility index (Phi) is 5.52. The molecule has 0 aromatic heterocycles. The lowest BCUT2D eigenvalue weighted by molar-refractivity contribution is 0.0905. The zero-order chi connectivity index (χ0) is 14.5. The number of benzene rings is 1. The number of rotatable bonds is 5. The molecule has 20 heavy (non-hydrogen) atoms. The molecule has 1 aromatic rings. The van der Waals surface area contributed by atoms with Gasteiger partial charge in [0.15, 0.2) is 5.75 Å². The minimum absolute atomic E-state index is 0.243. The summed E-state index contributed by atoms with van der Waals surface area (Å²) in [6.45, 7) is 1.35. The number of nitrogens with one attached hydrogen (secondary N) is 1. The number of carbonyl (C=O) groups is 1. The number of amides is 1. The van der Waals surface area contributed by atoms with Crippen LogP contribution in [0.4, 0.5) is 0 Å². The number of ether oxygens (including phenoxy) is 2. The molecule has 1 N–H and O–H groups in total. The van der Waals surface area contributed by atoms with E-state index in [4.69, 9.17) is 32.7 Å². The van der Waals surface area contributed by atoms with Crippen molar-refractivity contribution in [3.63, 3.8) is 0 Å². The van der Waals surface area contributed by atoms with Gasteiger partial charge in [-0.1, -0.05) is 23.2 Å². The molecule has 0 bridgehead atoms. The lowest BCUT2D eigenvalue weighted by Gasteiger charge is -2.13. The first-order valence-corrected chi connectivity index (χ1v) is 7.31. The van der Waals surface area contributed by atoms with Crippen LogP contribution >= 0.6 is 23.2 Å². The molecule has 6 heteroatoms. The predicted octanol–water partition coefficient (Wildman–Crippen LogP) is 3.30. The van der Waals surface area contributed by atoms with Crippen LogP contribution in [0.3, 0.4) is 0 Å². The molecule has 110 valence electrons. The molecule has 1 heterocycles. The Morgan fingerprint density at radius 3 is 2.85 bits per heavy atom. The van der Waals surface area contributed by atoms with Crippen LogP contribution in [0.1, 0.15) is 29.6 Å². The quantitative estimate of drug-likeness (QED) is 0.906. The van der Waals surface area contributed by atoms with Gasteiger partial charge in [0.1, 0.15) is 5.56 Å². The van der Waals surface area contributed by atoms with Gasteiger partial charge in [0.25, 0.3) is 5.91 Å². The molecule has 0 aliphatic carbocycles. The standard InChI is InChI=1S/C14H17Cl2NO3/c1-19-13-11(16)5-4-10(15)12(13)14(18)17-7-6-9-3-2-8-20-9/h4-5,9H,2-3,6-8H2,1H3,(H,17,18). The van der Waals surface area contributed by atoms with Crippen LogP contribution in [-0.4, -0.2) is 32.3 Å². The van der Waals surface area contributed by atoms with Crippen molar-refractivity contribution in [2.45, 2.75) is 25.4 Å². The van der Waals surface area contributed by atoms with Gasteiger partial charge in [-0.2, -0.15) is 0 Å². The van der Waals surface area contributed by atoms with Crippen LogP contribution < -0.4 is 10.1 Å². The van der Waals surface area contributed by atoms with Gasteiger partial charge >= 0.3 is 0 Å². The first-order chi connectivity index (χ1) is 9.63. The molecule has 1 aromatic carbocycles. The molecular weight excluding hydrogens is 301 g/mol. The summed E-state index contributed by atoms with van der Waals surface area (Å²) in [6, 6.07) is 3.19. The fourth-order valence-corrected chi connectivity index (χ4v) is 2.72. The monoisotopic (exact) mass is 317 g/mol. The molecule has 1 saturated heterocycles. The second-order valence-electron chi connectivity index (χ2n) is 4.62. The number of hydrogen-bond donors (Lipinski definition) is 1. The maximum absolute atomic E-state index is 12.2. The van der Waals surface area contributed by atoms with Crippen LogP contribution in [0.25, 0.3) is 0 Å². The number of carbonyl (C=O) groups excluding carboxylic acids is 1. The lowest BCUT2D eigenvalue weighted by Crippen LogP contribution is -2.27. The summed E-state index contributed by atoms with van der Waals surface area (Å²) in [7, 11) is 1.46. The van der Waals surface area contributed by atoms with E-state index in [2.05, 4.69) is 5.32 Å². The van der Waals surface area contributed by atoms with E-state index in [0.717, 1.165) is 25.9 Å². The van der Waals surface area contributed by atoms with E-state index in [1.807, 2.05) is 0 Å². The molecule has 1 amide bonds. The fraction of sp³-hybridized carbons (Fsp3) is 0.500. The Hall–Kier alpha value is -0.970. The Morgan fingerprint density at radius 1 is 1.45 bits per heavy atom. The van der Waals surface area contributed by atoms with E-state index in [1.54, 1.807) is 12.1 Å². The zero-order valence-corrected chi connectivity index (χ0v) is 12.8. The summed E-state index contributed by atoms with van der Waals surface area (Å²) in [5.74, 6) is 0.0149. The molecule has 1 unspecified atom stereocenters. The molecule has 0 saturated carbocycles. The van der Waals surface area contributed by atoms with Gasteiger partial charge in [0.05, 0.1) is 23.3 Å². The number of halogens is 2. The Labute approximate surface area is 128 Å². The van der Waals surface area contributed by atoms with Crippen molar-refractivity contribution in [3.8, 4) is 5.75 Å². The predicted molar refractivity (Wildman–Crippen MR) is 78.9 cm³/mol. The van der Waals surface area contributed by atoms with E-state index < -0.39 is 0 Å². The molecule has 1 atom stereocenters. The van der Waals surface area contributed by atoms with Crippen LogP contribution in [0, 0.1) is 0 Å². The Balaban J connectivity index is 1.99. The van der Waals surface area contributed by atoms with Crippen molar-refractivity contribution in [1.82, 2.24) is 5.32 Å². The van der Waals surface area contributed by atoms with E-state index in [0.29, 0.717) is 22.3 Å². The van der Waals surface area contributed by atoms with Gasteiger partial charge in [-0.15, -0.1) is 0 Å². The SMILES string of the molecule is COc1c(Cl)ccc(Cl)c1C(=O)NCCC1CCCO1. The number of hydrogen-bond acceptors (Lipinski definition) is 3. The van der Waals surface area contributed by atoms with Gasteiger partial charge in [-0.25, -0.2) is 0 Å². The minimum Gasteiger partial charge on any atom is -0.494 e. The van der Waals surface area contributed by atoms with Crippen LogP contribution in [0.15, 0.2) is 12.1 Å². The van der Waals surface area contributed by atoms with Crippen molar-refractivity contribution < 1.29 is 14.3 Å². The van der Waals surface area contributed by atoms with Crippen molar-refractivity contribution in [2.75, 3.05) is 20.3 Å². The third kappa shape index (κ3) is 3.57. The average Bonchev–Trinajstić information content (AvgIpc) is 2.94.